The Labute approximate surface area is 124 Å². The average Bonchev–Trinajstić information content (AvgIpc) is 3.31. The number of ether oxygens (including phenoxy) is 2. The third kappa shape index (κ3) is 4.21. The zero-order valence-electron chi connectivity index (χ0n) is 12.5. The third-order valence-electron chi connectivity index (χ3n) is 3.38. The van der Waals surface area contributed by atoms with Crippen molar-refractivity contribution in [2.75, 3.05) is 19.8 Å². The molecule has 0 aromatic heterocycles. The van der Waals surface area contributed by atoms with E-state index in [-0.39, 0.29) is 18.5 Å². The molecule has 1 amide bonds. The van der Waals surface area contributed by atoms with Crippen molar-refractivity contribution in [1.29, 1.82) is 0 Å². The molecule has 1 aromatic carbocycles. The van der Waals surface area contributed by atoms with Crippen LogP contribution in [0.15, 0.2) is 24.3 Å². The van der Waals surface area contributed by atoms with E-state index in [4.69, 9.17) is 9.47 Å². The largest absolute Gasteiger partial charge is 0.484 e. The van der Waals surface area contributed by atoms with E-state index in [0.717, 1.165) is 12.8 Å². The Bertz CT molecular complexity index is 494. The van der Waals surface area contributed by atoms with Crippen LogP contribution in [0.4, 0.5) is 0 Å². The molecule has 0 bridgehead atoms. The quantitative estimate of drug-likeness (QED) is 0.723. The first-order valence-corrected chi connectivity index (χ1v) is 7.35. The van der Waals surface area contributed by atoms with Crippen LogP contribution in [0.5, 0.6) is 5.75 Å². The molecule has 5 heteroatoms. The van der Waals surface area contributed by atoms with Gasteiger partial charge in [0.25, 0.3) is 5.91 Å². The summed E-state index contributed by atoms with van der Waals surface area (Å²) in [6.07, 6.45) is 2.18. The monoisotopic (exact) mass is 291 g/mol. The molecule has 5 nitrogen and oxygen atoms in total. The van der Waals surface area contributed by atoms with Crippen LogP contribution in [-0.4, -0.2) is 42.6 Å². The van der Waals surface area contributed by atoms with Crippen molar-refractivity contribution in [3.63, 3.8) is 0 Å². The molecule has 0 spiro atoms. The van der Waals surface area contributed by atoms with Crippen LogP contribution in [-0.2, 0) is 9.53 Å². The number of rotatable bonds is 7. The SMILES string of the molecule is CCOC(=O)c1ccc(OCC(=O)N(CC)C2CC2)cc1. The molecule has 2 rings (SSSR count). The number of amides is 1. The van der Waals surface area contributed by atoms with E-state index in [2.05, 4.69) is 0 Å². The lowest BCUT2D eigenvalue weighted by molar-refractivity contribution is -0.133. The fourth-order valence-corrected chi connectivity index (χ4v) is 2.15. The van der Waals surface area contributed by atoms with Gasteiger partial charge in [0.05, 0.1) is 12.2 Å². The van der Waals surface area contributed by atoms with Gasteiger partial charge in [-0.2, -0.15) is 0 Å². The maximum absolute atomic E-state index is 12.0. The lowest BCUT2D eigenvalue weighted by Gasteiger charge is -2.20. The van der Waals surface area contributed by atoms with Crippen LogP contribution in [0.3, 0.4) is 0 Å². The van der Waals surface area contributed by atoms with Crippen molar-refractivity contribution in [2.45, 2.75) is 32.7 Å². The highest BCUT2D eigenvalue weighted by atomic mass is 16.5. The summed E-state index contributed by atoms with van der Waals surface area (Å²) in [6.45, 7) is 4.84. The highest BCUT2D eigenvalue weighted by Crippen LogP contribution is 2.26. The molecule has 1 fully saturated rings. The molecular formula is C16H21NO4. The first-order valence-electron chi connectivity index (χ1n) is 7.35. The van der Waals surface area contributed by atoms with Crippen LogP contribution >= 0.6 is 0 Å². The van der Waals surface area contributed by atoms with Gasteiger partial charge in [0.2, 0.25) is 0 Å². The summed E-state index contributed by atoms with van der Waals surface area (Å²) in [5.74, 6) is 0.226. The molecule has 1 aromatic rings. The van der Waals surface area contributed by atoms with Gasteiger partial charge in [0.15, 0.2) is 6.61 Å². The fraction of sp³-hybridized carbons (Fsp3) is 0.500. The maximum Gasteiger partial charge on any atom is 0.338 e. The minimum Gasteiger partial charge on any atom is -0.484 e. The van der Waals surface area contributed by atoms with Crippen molar-refractivity contribution >= 4 is 11.9 Å². The van der Waals surface area contributed by atoms with Gasteiger partial charge in [-0.15, -0.1) is 0 Å². The van der Waals surface area contributed by atoms with E-state index >= 15 is 0 Å². The first-order chi connectivity index (χ1) is 10.2. The Balaban J connectivity index is 1.85. The first kappa shape index (κ1) is 15.4. The summed E-state index contributed by atoms with van der Waals surface area (Å²) in [5.41, 5.74) is 0.476. The molecule has 0 unspecified atom stereocenters. The molecule has 114 valence electrons. The molecule has 0 heterocycles. The zero-order chi connectivity index (χ0) is 15.2. The summed E-state index contributed by atoms with van der Waals surface area (Å²) in [7, 11) is 0. The summed E-state index contributed by atoms with van der Waals surface area (Å²) in [6, 6.07) is 7.02. The standard InChI is InChI=1S/C16H21NO4/c1-3-17(13-7-8-13)15(18)11-21-14-9-5-12(6-10-14)16(19)20-4-2/h5-6,9-10,13H,3-4,7-8,11H2,1-2H3. The second-order valence-corrected chi connectivity index (χ2v) is 4.94. The predicted molar refractivity (Wildman–Crippen MR) is 78.3 cm³/mol. The van der Waals surface area contributed by atoms with Crippen molar-refractivity contribution in [3.05, 3.63) is 29.8 Å². The molecule has 21 heavy (non-hydrogen) atoms. The number of hydrogen-bond donors (Lipinski definition) is 0. The van der Waals surface area contributed by atoms with Gasteiger partial charge in [0.1, 0.15) is 5.75 Å². The average molecular weight is 291 g/mol. The van der Waals surface area contributed by atoms with E-state index < -0.39 is 0 Å². The molecule has 0 atom stereocenters. The van der Waals surface area contributed by atoms with Crippen LogP contribution in [0.25, 0.3) is 0 Å². The Morgan fingerprint density at radius 3 is 2.38 bits per heavy atom. The van der Waals surface area contributed by atoms with Crippen LogP contribution < -0.4 is 4.74 Å². The predicted octanol–water partition coefficient (Wildman–Crippen LogP) is 2.25. The molecule has 1 saturated carbocycles. The van der Waals surface area contributed by atoms with Crippen molar-refractivity contribution < 1.29 is 19.1 Å². The van der Waals surface area contributed by atoms with Crippen molar-refractivity contribution in [3.8, 4) is 5.75 Å². The van der Waals surface area contributed by atoms with Gasteiger partial charge in [-0.1, -0.05) is 0 Å². The summed E-state index contributed by atoms with van der Waals surface area (Å²) >= 11 is 0. The number of carbonyl (C=O) groups is 2. The Hall–Kier alpha value is -2.04. The molecule has 0 radical (unpaired) electrons. The number of esters is 1. The van der Waals surface area contributed by atoms with Gasteiger partial charge in [0, 0.05) is 12.6 Å². The fourth-order valence-electron chi connectivity index (χ4n) is 2.15. The molecule has 1 aliphatic rings. The van der Waals surface area contributed by atoms with Crippen LogP contribution in [0.1, 0.15) is 37.0 Å². The number of benzene rings is 1. The van der Waals surface area contributed by atoms with Gasteiger partial charge >= 0.3 is 5.97 Å². The number of likely N-dealkylation sites (N-methyl/N-ethyl adjacent to an activating group) is 1. The van der Waals surface area contributed by atoms with E-state index in [9.17, 15) is 9.59 Å². The van der Waals surface area contributed by atoms with Gasteiger partial charge in [-0.05, 0) is 51.0 Å². The van der Waals surface area contributed by atoms with E-state index in [1.807, 2.05) is 11.8 Å². The zero-order valence-corrected chi connectivity index (χ0v) is 12.5. The molecular weight excluding hydrogens is 270 g/mol. The van der Waals surface area contributed by atoms with E-state index in [1.165, 1.54) is 0 Å². The molecule has 0 saturated heterocycles. The summed E-state index contributed by atoms with van der Waals surface area (Å²) in [5, 5.41) is 0. The van der Waals surface area contributed by atoms with Gasteiger partial charge < -0.3 is 14.4 Å². The second-order valence-electron chi connectivity index (χ2n) is 4.94. The molecule has 0 N–H and O–H groups in total. The minimum absolute atomic E-state index is 0.00877. The maximum atomic E-state index is 12.0. The minimum atomic E-state index is -0.356. The third-order valence-corrected chi connectivity index (χ3v) is 3.38. The van der Waals surface area contributed by atoms with Crippen LogP contribution in [0, 0.1) is 0 Å². The summed E-state index contributed by atoms with van der Waals surface area (Å²) in [4.78, 5) is 25.4. The number of hydrogen-bond acceptors (Lipinski definition) is 4. The van der Waals surface area contributed by atoms with Crippen LogP contribution in [0.2, 0.25) is 0 Å². The second kappa shape index (κ2) is 7.11. The van der Waals surface area contributed by atoms with Gasteiger partial charge in [-0.25, -0.2) is 4.79 Å². The van der Waals surface area contributed by atoms with Crippen molar-refractivity contribution in [1.82, 2.24) is 4.90 Å². The smallest absolute Gasteiger partial charge is 0.338 e. The summed E-state index contributed by atoms with van der Waals surface area (Å²) < 4.78 is 10.4. The molecule has 1 aliphatic carbocycles. The lowest BCUT2D eigenvalue weighted by Crippen LogP contribution is -2.36. The highest BCUT2D eigenvalue weighted by Gasteiger charge is 2.31. The Kier molecular flexibility index (Phi) is 5.20. The van der Waals surface area contributed by atoms with Crippen molar-refractivity contribution in [2.24, 2.45) is 0 Å². The van der Waals surface area contributed by atoms with Gasteiger partial charge in [-0.3, -0.25) is 4.79 Å². The Morgan fingerprint density at radius 1 is 1.19 bits per heavy atom. The normalized spacial score (nSPS) is 13.6. The van der Waals surface area contributed by atoms with E-state index in [1.54, 1.807) is 31.2 Å². The topological polar surface area (TPSA) is 55.8 Å². The number of carbonyl (C=O) groups excluding carboxylic acids is 2. The van der Waals surface area contributed by atoms with E-state index in [0.29, 0.717) is 30.5 Å². The lowest BCUT2D eigenvalue weighted by atomic mass is 10.2. The number of nitrogens with zero attached hydrogens (tertiary/aromatic N) is 1. The Morgan fingerprint density at radius 2 is 1.86 bits per heavy atom. The highest BCUT2D eigenvalue weighted by molar-refractivity contribution is 5.89. The molecule has 0 aliphatic heterocycles.